The normalized spacial score (nSPS) is 11.6. The predicted molar refractivity (Wildman–Crippen MR) is 156 cm³/mol. The van der Waals surface area contributed by atoms with Gasteiger partial charge in [-0.2, -0.15) is 0 Å². The maximum Gasteiger partial charge on any atom is 0.105 e. The van der Waals surface area contributed by atoms with Crippen LogP contribution >= 0.6 is 0 Å². The third-order valence-corrected chi connectivity index (χ3v) is 7.62. The lowest BCUT2D eigenvalue weighted by Gasteiger charge is -2.13. The van der Waals surface area contributed by atoms with Crippen LogP contribution in [0.4, 0.5) is 0 Å². The van der Waals surface area contributed by atoms with E-state index in [1.807, 2.05) is 6.07 Å². The summed E-state index contributed by atoms with van der Waals surface area (Å²) in [5.74, 6) is 0. The second kappa shape index (κ2) is 7.72. The minimum atomic E-state index is 1.05. The largest absolute Gasteiger partial charge is 0.302 e. The van der Waals surface area contributed by atoms with Crippen molar-refractivity contribution in [3.63, 3.8) is 0 Å². The van der Waals surface area contributed by atoms with Crippen LogP contribution in [0.1, 0.15) is 0 Å². The molecule has 170 valence electrons. The monoisotopic (exact) mass is 467 g/mol. The van der Waals surface area contributed by atoms with E-state index in [1.54, 1.807) is 0 Å². The molecule has 0 saturated carbocycles. The number of hydrogen-bond donors (Lipinski definition) is 0. The molecule has 0 unspecified atom stereocenters. The van der Waals surface area contributed by atoms with Crippen LogP contribution in [-0.2, 0) is 0 Å². The first-order valence-corrected chi connectivity index (χ1v) is 12.6. The van der Waals surface area contributed by atoms with E-state index in [0.717, 1.165) is 11.2 Å². The predicted octanol–water partition coefficient (Wildman–Crippen LogP) is 9.51. The van der Waals surface area contributed by atoms with Crippen molar-refractivity contribution in [3.8, 4) is 16.8 Å². The molecular weight excluding hydrogens is 446 g/mol. The van der Waals surface area contributed by atoms with Crippen LogP contribution < -0.4 is 0 Å². The Kier molecular flexibility index (Phi) is 4.21. The molecule has 0 atom stereocenters. The van der Waals surface area contributed by atoms with Gasteiger partial charge in [0.25, 0.3) is 0 Å². The number of aromatic nitrogens is 1. The van der Waals surface area contributed by atoms with Gasteiger partial charge in [-0.3, -0.25) is 0 Å². The highest BCUT2D eigenvalue weighted by atomic mass is 15.0. The van der Waals surface area contributed by atoms with E-state index in [9.17, 15) is 0 Å². The zero-order valence-corrected chi connectivity index (χ0v) is 20.1. The van der Waals surface area contributed by atoms with Gasteiger partial charge in [-0.25, -0.2) is 0 Å². The van der Waals surface area contributed by atoms with E-state index in [0.29, 0.717) is 0 Å². The first-order chi connectivity index (χ1) is 18.4. The van der Waals surface area contributed by atoms with Gasteiger partial charge in [0.1, 0.15) is 5.52 Å². The molecule has 0 bridgehead atoms. The highest BCUT2D eigenvalue weighted by molar-refractivity contribution is 6.25. The Morgan fingerprint density at radius 3 is 1.81 bits per heavy atom. The average Bonchev–Trinajstić information content (AvgIpc) is 3.32. The molecule has 1 aromatic heterocycles. The standard InChI is InChI=1S/C36H21N/c1-2-14-29-27(12-1)28-13-3-4-15-30(28)34-23-25(20-21-31(29)34)24-10-9-11-26(22-24)37-35-18-7-5-16-32(35)33-17-6-8-19-36(33)37/h1-7,9-18,20-23H. The van der Waals surface area contributed by atoms with Gasteiger partial charge in [-0.1, -0.05) is 97.1 Å². The number of fused-ring (bicyclic) bond motifs is 9. The van der Waals surface area contributed by atoms with Gasteiger partial charge in [0.15, 0.2) is 0 Å². The van der Waals surface area contributed by atoms with Crippen LogP contribution in [0.3, 0.4) is 0 Å². The van der Waals surface area contributed by atoms with Gasteiger partial charge >= 0.3 is 0 Å². The van der Waals surface area contributed by atoms with Crippen molar-refractivity contribution in [1.29, 1.82) is 0 Å². The topological polar surface area (TPSA) is 4.93 Å². The fourth-order valence-electron chi connectivity index (χ4n) is 5.97. The second-order valence-electron chi connectivity index (χ2n) is 9.62. The molecule has 37 heavy (non-hydrogen) atoms. The Morgan fingerprint density at radius 2 is 1.05 bits per heavy atom. The molecule has 0 aliphatic rings. The van der Waals surface area contributed by atoms with Gasteiger partial charge < -0.3 is 4.57 Å². The number of nitrogens with zero attached hydrogens (tertiary/aromatic N) is 1. The van der Waals surface area contributed by atoms with Crippen molar-refractivity contribution in [2.75, 3.05) is 0 Å². The van der Waals surface area contributed by atoms with E-state index < -0.39 is 0 Å². The summed E-state index contributed by atoms with van der Waals surface area (Å²) in [6.07, 6.45) is 0. The lowest BCUT2D eigenvalue weighted by molar-refractivity contribution is 1.18. The lowest BCUT2D eigenvalue weighted by Crippen LogP contribution is -1.94. The molecule has 8 rings (SSSR count). The van der Waals surface area contributed by atoms with E-state index in [-0.39, 0.29) is 0 Å². The average molecular weight is 468 g/mol. The minimum Gasteiger partial charge on any atom is -0.302 e. The van der Waals surface area contributed by atoms with Crippen molar-refractivity contribution in [2.24, 2.45) is 0 Å². The second-order valence-corrected chi connectivity index (χ2v) is 9.62. The molecular formula is C36H21N. The van der Waals surface area contributed by atoms with Crippen molar-refractivity contribution in [1.82, 2.24) is 4.57 Å². The summed E-state index contributed by atoms with van der Waals surface area (Å²) >= 11 is 0. The molecule has 0 radical (unpaired) electrons. The van der Waals surface area contributed by atoms with E-state index in [2.05, 4.69) is 138 Å². The molecule has 0 N–H and O–H groups in total. The minimum absolute atomic E-state index is 1.05. The highest BCUT2D eigenvalue weighted by Gasteiger charge is 2.13. The molecule has 0 aliphatic heterocycles. The van der Waals surface area contributed by atoms with Gasteiger partial charge in [0.2, 0.25) is 0 Å². The van der Waals surface area contributed by atoms with Crippen LogP contribution in [0, 0.1) is 12.1 Å². The Balaban J connectivity index is 1.38. The van der Waals surface area contributed by atoms with Crippen molar-refractivity contribution < 1.29 is 0 Å². The Hall–Kier alpha value is -5.06. The van der Waals surface area contributed by atoms with E-state index in [1.165, 1.54) is 59.7 Å². The molecule has 0 aliphatic carbocycles. The summed E-state index contributed by atoms with van der Waals surface area (Å²) in [6.45, 7) is 0. The number of benzene rings is 6. The van der Waals surface area contributed by atoms with Crippen LogP contribution in [0.15, 0.2) is 127 Å². The van der Waals surface area contributed by atoms with Crippen molar-refractivity contribution in [3.05, 3.63) is 140 Å². The van der Waals surface area contributed by atoms with Crippen molar-refractivity contribution in [2.45, 2.75) is 0 Å². The molecule has 1 nitrogen and oxygen atoms in total. The summed E-state index contributed by atoms with van der Waals surface area (Å²) in [5.41, 5.74) is 5.77. The molecule has 0 saturated heterocycles. The summed E-state index contributed by atoms with van der Waals surface area (Å²) in [6, 6.07) is 52.4. The maximum atomic E-state index is 3.37. The molecule has 0 fully saturated rings. The summed E-state index contributed by atoms with van der Waals surface area (Å²) in [5, 5.41) is 10.2. The first-order valence-electron chi connectivity index (χ1n) is 12.6. The van der Waals surface area contributed by atoms with Gasteiger partial charge in [0, 0.05) is 16.5 Å². The fraction of sp³-hybridized carbons (Fsp3) is 0. The van der Waals surface area contributed by atoms with Crippen LogP contribution in [-0.4, -0.2) is 4.57 Å². The van der Waals surface area contributed by atoms with Gasteiger partial charge in [0.05, 0.1) is 5.52 Å². The Morgan fingerprint density at radius 1 is 0.432 bits per heavy atom. The zero-order chi connectivity index (χ0) is 24.3. The van der Waals surface area contributed by atoms with Gasteiger partial charge in [-0.05, 0) is 85.9 Å². The third kappa shape index (κ3) is 2.94. The highest BCUT2D eigenvalue weighted by Crippen LogP contribution is 2.38. The molecule has 7 aromatic carbocycles. The third-order valence-electron chi connectivity index (χ3n) is 7.62. The van der Waals surface area contributed by atoms with E-state index >= 15 is 0 Å². The molecule has 8 aromatic rings. The van der Waals surface area contributed by atoms with E-state index in [4.69, 9.17) is 0 Å². The van der Waals surface area contributed by atoms with Crippen LogP contribution in [0.2, 0.25) is 0 Å². The number of hydrogen-bond acceptors (Lipinski definition) is 0. The Bertz CT molecular complexity index is 2060. The number of para-hydroxylation sites is 1. The summed E-state index contributed by atoms with van der Waals surface area (Å²) in [4.78, 5) is 0. The molecule has 1 heteroatoms. The molecule has 0 spiro atoms. The smallest absolute Gasteiger partial charge is 0.105 e. The van der Waals surface area contributed by atoms with Crippen LogP contribution in [0.25, 0.3) is 70.9 Å². The summed E-state index contributed by atoms with van der Waals surface area (Å²) in [7, 11) is 0. The molecule has 0 amide bonds. The molecule has 1 heterocycles. The SMILES string of the molecule is c1ccc2c3ccccc3n(-c3cccc(-c4ccc5c6ccccc6c6ccccc6c5c4)c3)c2c#1. The van der Waals surface area contributed by atoms with Crippen LogP contribution in [0.5, 0.6) is 0 Å². The van der Waals surface area contributed by atoms with Gasteiger partial charge in [-0.15, -0.1) is 0 Å². The number of rotatable bonds is 2. The maximum absolute atomic E-state index is 3.37. The lowest BCUT2D eigenvalue weighted by atomic mass is 9.92. The van der Waals surface area contributed by atoms with Crippen molar-refractivity contribution >= 4 is 54.1 Å². The zero-order valence-electron chi connectivity index (χ0n) is 20.1. The summed E-state index contributed by atoms with van der Waals surface area (Å²) < 4.78 is 2.30. The quantitative estimate of drug-likeness (QED) is 0.223. The Labute approximate surface area is 214 Å². The first kappa shape index (κ1) is 20.2. The fourth-order valence-corrected chi connectivity index (χ4v) is 5.97.